The van der Waals surface area contributed by atoms with Crippen molar-refractivity contribution in [3.8, 4) is 0 Å². The number of nitrogens with zero attached hydrogens (tertiary/aromatic N) is 3. The summed E-state index contributed by atoms with van der Waals surface area (Å²) in [5, 5.41) is 7.94. The van der Waals surface area contributed by atoms with Gasteiger partial charge in [0.2, 0.25) is 5.82 Å². The first-order valence-electron chi connectivity index (χ1n) is 5.17. The van der Waals surface area contributed by atoms with Gasteiger partial charge in [0.1, 0.15) is 5.82 Å². The minimum absolute atomic E-state index is 0.195. The van der Waals surface area contributed by atoms with Crippen LogP contribution in [0.1, 0.15) is 36.2 Å². The number of hydrogen-bond acceptors (Lipinski definition) is 4. The maximum atomic E-state index is 11.7. The molecule has 1 aliphatic heterocycles. The van der Waals surface area contributed by atoms with Gasteiger partial charge in [0.15, 0.2) is 0 Å². The van der Waals surface area contributed by atoms with Crippen molar-refractivity contribution in [2.24, 2.45) is 0 Å². The number of carbonyl (C=O) groups is 1. The normalized spacial score (nSPS) is 15.9. The first kappa shape index (κ1) is 10.1. The Bertz CT molecular complexity index is 344. The monoisotopic (exact) mass is 210 g/mol. The molecule has 0 bridgehead atoms. The van der Waals surface area contributed by atoms with E-state index >= 15 is 0 Å². The standard InChI is InChI=1S/C9H14N4O2/c1-2-4-7-10-8(12-11-7)9(14)13-5-3-6-15-13/h2-6H2,1H3,(H,10,11,12). The first-order chi connectivity index (χ1) is 7.31. The second-order valence-corrected chi connectivity index (χ2v) is 3.45. The molecule has 2 heterocycles. The lowest BCUT2D eigenvalue weighted by Crippen LogP contribution is -2.27. The molecule has 15 heavy (non-hydrogen) atoms. The van der Waals surface area contributed by atoms with E-state index in [4.69, 9.17) is 4.84 Å². The summed E-state index contributed by atoms with van der Waals surface area (Å²) in [6.07, 6.45) is 2.65. The summed E-state index contributed by atoms with van der Waals surface area (Å²) in [7, 11) is 0. The molecular weight excluding hydrogens is 196 g/mol. The fourth-order valence-corrected chi connectivity index (χ4v) is 1.46. The molecule has 2 rings (SSSR count). The summed E-state index contributed by atoms with van der Waals surface area (Å²) in [6, 6.07) is 0. The fourth-order valence-electron chi connectivity index (χ4n) is 1.46. The van der Waals surface area contributed by atoms with Gasteiger partial charge in [-0.3, -0.25) is 14.7 Å². The largest absolute Gasteiger partial charge is 0.317 e. The molecule has 1 aliphatic rings. The molecule has 1 aromatic rings. The van der Waals surface area contributed by atoms with E-state index in [1.807, 2.05) is 6.92 Å². The van der Waals surface area contributed by atoms with Crippen LogP contribution in [0.4, 0.5) is 0 Å². The zero-order valence-electron chi connectivity index (χ0n) is 8.69. The van der Waals surface area contributed by atoms with Crippen LogP contribution in [-0.4, -0.2) is 39.3 Å². The van der Waals surface area contributed by atoms with Gasteiger partial charge < -0.3 is 0 Å². The molecule has 82 valence electrons. The molecule has 1 fully saturated rings. The quantitative estimate of drug-likeness (QED) is 0.790. The van der Waals surface area contributed by atoms with Crippen molar-refractivity contribution in [1.82, 2.24) is 20.2 Å². The summed E-state index contributed by atoms with van der Waals surface area (Å²) in [5.74, 6) is 0.687. The van der Waals surface area contributed by atoms with Crippen LogP contribution < -0.4 is 0 Å². The average Bonchev–Trinajstić information content (AvgIpc) is 2.87. The number of aromatic nitrogens is 3. The van der Waals surface area contributed by atoms with Gasteiger partial charge in [-0.25, -0.2) is 10.0 Å². The Morgan fingerprint density at radius 2 is 2.53 bits per heavy atom. The molecule has 0 atom stereocenters. The summed E-state index contributed by atoms with van der Waals surface area (Å²) < 4.78 is 0. The van der Waals surface area contributed by atoms with Crippen molar-refractivity contribution in [3.63, 3.8) is 0 Å². The topological polar surface area (TPSA) is 71.1 Å². The van der Waals surface area contributed by atoms with Gasteiger partial charge in [0, 0.05) is 6.42 Å². The third kappa shape index (κ3) is 2.15. The van der Waals surface area contributed by atoms with Crippen molar-refractivity contribution in [2.75, 3.05) is 13.2 Å². The Kier molecular flexibility index (Phi) is 2.96. The fraction of sp³-hybridized carbons (Fsp3) is 0.667. The van der Waals surface area contributed by atoms with Crippen LogP contribution >= 0.6 is 0 Å². The van der Waals surface area contributed by atoms with Crippen LogP contribution in [0, 0.1) is 0 Å². The van der Waals surface area contributed by atoms with Crippen molar-refractivity contribution >= 4 is 5.91 Å². The predicted molar refractivity (Wildman–Crippen MR) is 52.0 cm³/mol. The van der Waals surface area contributed by atoms with Crippen molar-refractivity contribution < 1.29 is 9.63 Å². The number of aryl methyl sites for hydroxylation is 1. The lowest BCUT2D eigenvalue weighted by atomic mass is 10.3. The minimum Gasteiger partial charge on any atom is -0.271 e. The summed E-state index contributed by atoms with van der Waals surface area (Å²) >= 11 is 0. The van der Waals surface area contributed by atoms with Crippen LogP contribution in [0.25, 0.3) is 0 Å². The number of hydrogen-bond donors (Lipinski definition) is 1. The number of hydroxylamine groups is 2. The molecule has 0 aromatic carbocycles. The minimum atomic E-state index is -0.258. The molecule has 1 amide bonds. The second kappa shape index (κ2) is 4.39. The Hall–Kier alpha value is -1.43. The van der Waals surface area contributed by atoms with Gasteiger partial charge in [-0.15, -0.1) is 5.10 Å². The number of rotatable bonds is 3. The molecule has 0 radical (unpaired) electrons. The van der Waals surface area contributed by atoms with E-state index in [-0.39, 0.29) is 11.7 Å². The van der Waals surface area contributed by atoms with Gasteiger partial charge in [-0.2, -0.15) is 0 Å². The highest BCUT2D eigenvalue weighted by molar-refractivity contribution is 5.89. The van der Waals surface area contributed by atoms with Crippen LogP contribution in [0.15, 0.2) is 0 Å². The number of carbonyl (C=O) groups excluding carboxylic acids is 1. The van der Waals surface area contributed by atoms with E-state index in [1.54, 1.807) is 0 Å². The zero-order valence-corrected chi connectivity index (χ0v) is 8.69. The lowest BCUT2D eigenvalue weighted by Gasteiger charge is -2.10. The molecule has 1 aromatic heterocycles. The van der Waals surface area contributed by atoms with Crippen LogP contribution in [0.3, 0.4) is 0 Å². The Labute approximate surface area is 87.6 Å². The molecule has 1 N–H and O–H groups in total. The zero-order chi connectivity index (χ0) is 10.7. The van der Waals surface area contributed by atoms with Crippen molar-refractivity contribution in [1.29, 1.82) is 0 Å². The Morgan fingerprint density at radius 1 is 1.67 bits per heavy atom. The predicted octanol–water partition coefficient (Wildman–Crippen LogP) is 0.535. The third-order valence-corrected chi connectivity index (χ3v) is 2.19. The number of H-pyrrole nitrogens is 1. The van der Waals surface area contributed by atoms with Crippen molar-refractivity contribution in [3.05, 3.63) is 11.6 Å². The van der Waals surface area contributed by atoms with E-state index in [9.17, 15) is 4.79 Å². The van der Waals surface area contributed by atoms with E-state index < -0.39 is 0 Å². The summed E-state index contributed by atoms with van der Waals surface area (Å²) in [4.78, 5) is 21.0. The van der Waals surface area contributed by atoms with Gasteiger partial charge >= 0.3 is 5.91 Å². The molecule has 6 nitrogen and oxygen atoms in total. The lowest BCUT2D eigenvalue weighted by molar-refractivity contribution is -0.0775. The van der Waals surface area contributed by atoms with Crippen LogP contribution in [0.2, 0.25) is 0 Å². The molecule has 0 aliphatic carbocycles. The highest BCUT2D eigenvalue weighted by Gasteiger charge is 2.24. The second-order valence-electron chi connectivity index (χ2n) is 3.45. The average molecular weight is 210 g/mol. The van der Waals surface area contributed by atoms with Gasteiger partial charge in [-0.1, -0.05) is 6.92 Å². The van der Waals surface area contributed by atoms with Gasteiger partial charge in [0.25, 0.3) is 0 Å². The highest BCUT2D eigenvalue weighted by atomic mass is 16.7. The number of amides is 1. The van der Waals surface area contributed by atoms with E-state index in [0.29, 0.717) is 13.2 Å². The smallest absolute Gasteiger partial charge is 0.271 e. The van der Waals surface area contributed by atoms with Gasteiger partial charge in [0.05, 0.1) is 13.2 Å². The molecule has 1 saturated heterocycles. The SMILES string of the molecule is CCCc1nc(C(=O)N2CCCO2)n[nH]1. The first-order valence-corrected chi connectivity index (χ1v) is 5.17. The highest BCUT2D eigenvalue weighted by Crippen LogP contribution is 2.08. The Morgan fingerprint density at radius 3 is 3.20 bits per heavy atom. The van der Waals surface area contributed by atoms with Crippen LogP contribution in [-0.2, 0) is 11.3 Å². The van der Waals surface area contributed by atoms with Gasteiger partial charge in [-0.05, 0) is 12.8 Å². The third-order valence-electron chi connectivity index (χ3n) is 2.19. The molecule has 6 heteroatoms. The number of aromatic amines is 1. The van der Waals surface area contributed by atoms with E-state index in [2.05, 4.69) is 15.2 Å². The van der Waals surface area contributed by atoms with E-state index in [0.717, 1.165) is 25.1 Å². The maximum Gasteiger partial charge on any atom is 0.317 e. The number of nitrogens with one attached hydrogen (secondary N) is 1. The molecule has 0 saturated carbocycles. The van der Waals surface area contributed by atoms with E-state index in [1.165, 1.54) is 5.06 Å². The summed E-state index contributed by atoms with van der Waals surface area (Å²) in [5.41, 5.74) is 0. The Balaban J connectivity index is 2.04. The summed E-state index contributed by atoms with van der Waals surface area (Å²) in [6.45, 7) is 3.27. The molecular formula is C9H14N4O2. The maximum absolute atomic E-state index is 11.7. The molecule has 0 unspecified atom stereocenters. The molecule has 0 spiro atoms. The van der Waals surface area contributed by atoms with Crippen molar-refractivity contribution in [2.45, 2.75) is 26.2 Å². The van der Waals surface area contributed by atoms with Crippen LogP contribution in [0.5, 0.6) is 0 Å².